The highest BCUT2D eigenvalue weighted by Gasteiger charge is 2.34. The summed E-state index contributed by atoms with van der Waals surface area (Å²) in [4.78, 5) is 2.63. The first-order valence-corrected chi connectivity index (χ1v) is 8.08. The molecule has 1 saturated carbocycles. The van der Waals surface area contributed by atoms with E-state index in [1.54, 1.807) is 0 Å². The highest BCUT2D eigenvalue weighted by atomic mass is 15.2. The van der Waals surface area contributed by atoms with E-state index in [1.807, 2.05) is 0 Å². The van der Waals surface area contributed by atoms with E-state index in [9.17, 15) is 0 Å². The Hall–Kier alpha value is -0.860. The average molecular weight is 274 g/mol. The van der Waals surface area contributed by atoms with Gasteiger partial charge in [-0.25, -0.2) is 0 Å². The molecule has 1 atom stereocenters. The molecule has 1 unspecified atom stereocenters. The van der Waals surface area contributed by atoms with Crippen molar-refractivity contribution in [2.75, 3.05) is 13.1 Å². The fourth-order valence-electron chi connectivity index (χ4n) is 2.92. The molecule has 2 N–H and O–H groups in total. The van der Waals surface area contributed by atoms with Gasteiger partial charge in [0.2, 0.25) is 0 Å². The topological polar surface area (TPSA) is 29.3 Å². The molecule has 112 valence electrons. The molecule has 1 aromatic carbocycles. The maximum absolute atomic E-state index is 6.10. The van der Waals surface area contributed by atoms with Crippen LogP contribution in [0.15, 0.2) is 24.3 Å². The monoisotopic (exact) mass is 274 g/mol. The third kappa shape index (κ3) is 3.83. The second kappa shape index (κ2) is 6.73. The fraction of sp³-hybridized carbons (Fsp3) is 0.667. The largest absolute Gasteiger partial charge is 0.329 e. The van der Waals surface area contributed by atoms with Gasteiger partial charge in [-0.15, -0.1) is 0 Å². The normalized spacial score (nSPS) is 17.2. The minimum atomic E-state index is 0.381. The van der Waals surface area contributed by atoms with E-state index >= 15 is 0 Å². The van der Waals surface area contributed by atoms with Gasteiger partial charge >= 0.3 is 0 Å². The van der Waals surface area contributed by atoms with Crippen LogP contribution in [-0.4, -0.2) is 24.0 Å². The first kappa shape index (κ1) is 15.5. The van der Waals surface area contributed by atoms with Gasteiger partial charge in [0.05, 0.1) is 0 Å². The Morgan fingerprint density at radius 3 is 2.00 bits per heavy atom. The number of nitrogens with zero attached hydrogens (tertiary/aromatic N) is 1. The van der Waals surface area contributed by atoms with Gasteiger partial charge in [-0.1, -0.05) is 52.0 Å². The second-order valence-electron chi connectivity index (χ2n) is 6.89. The molecule has 2 nitrogen and oxygen atoms in total. The lowest BCUT2D eigenvalue weighted by Crippen LogP contribution is -2.38. The predicted molar refractivity (Wildman–Crippen MR) is 86.9 cm³/mol. The fourth-order valence-corrected chi connectivity index (χ4v) is 2.92. The summed E-state index contributed by atoms with van der Waals surface area (Å²) in [6.45, 7) is 10.9. The van der Waals surface area contributed by atoms with Crippen molar-refractivity contribution in [1.82, 2.24) is 4.90 Å². The third-order valence-corrected chi connectivity index (χ3v) is 4.20. The van der Waals surface area contributed by atoms with Gasteiger partial charge < -0.3 is 5.73 Å². The van der Waals surface area contributed by atoms with Crippen LogP contribution in [0.2, 0.25) is 0 Å². The molecule has 0 bridgehead atoms. The highest BCUT2D eigenvalue weighted by Crippen LogP contribution is 2.35. The van der Waals surface area contributed by atoms with Gasteiger partial charge in [0.1, 0.15) is 0 Å². The minimum Gasteiger partial charge on any atom is -0.329 e. The quantitative estimate of drug-likeness (QED) is 0.816. The Morgan fingerprint density at radius 2 is 1.60 bits per heavy atom. The third-order valence-electron chi connectivity index (χ3n) is 4.20. The Balaban J connectivity index is 2.16. The molecule has 1 aliphatic rings. The lowest BCUT2D eigenvalue weighted by Gasteiger charge is -2.33. The van der Waals surface area contributed by atoms with E-state index in [4.69, 9.17) is 5.73 Å². The number of rotatable bonds is 7. The van der Waals surface area contributed by atoms with Crippen LogP contribution in [0.25, 0.3) is 0 Å². The molecule has 2 rings (SSSR count). The molecular formula is C18H30N2. The maximum Gasteiger partial charge on any atom is 0.0473 e. The summed E-state index contributed by atoms with van der Waals surface area (Å²) >= 11 is 0. The SMILES string of the molecule is CC(C)CN(C1CC1)C(CN)c1ccc(C(C)C)cc1. The smallest absolute Gasteiger partial charge is 0.0473 e. The van der Waals surface area contributed by atoms with Crippen LogP contribution in [0.1, 0.15) is 63.6 Å². The highest BCUT2D eigenvalue weighted by molar-refractivity contribution is 5.27. The van der Waals surface area contributed by atoms with Crippen LogP contribution in [-0.2, 0) is 0 Å². The number of benzene rings is 1. The van der Waals surface area contributed by atoms with Gasteiger partial charge in [-0.05, 0) is 35.8 Å². The Kier molecular flexibility index (Phi) is 5.22. The van der Waals surface area contributed by atoms with E-state index in [-0.39, 0.29) is 0 Å². The van der Waals surface area contributed by atoms with E-state index in [0.29, 0.717) is 24.4 Å². The zero-order chi connectivity index (χ0) is 14.7. The average Bonchev–Trinajstić information content (AvgIpc) is 3.23. The van der Waals surface area contributed by atoms with Crippen LogP contribution >= 0.6 is 0 Å². The summed E-state index contributed by atoms with van der Waals surface area (Å²) in [6, 6.07) is 10.2. The molecular weight excluding hydrogens is 244 g/mol. The molecule has 1 aromatic rings. The van der Waals surface area contributed by atoms with Crippen molar-refractivity contribution in [2.24, 2.45) is 11.7 Å². The molecule has 0 aromatic heterocycles. The summed E-state index contributed by atoms with van der Waals surface area (Å²) in [5, 5.41) is 0. The molecule has 0 spiro atoms. The van der Waals surface area contributed by atoms with E-state index in [0.717, 1.165) is 12.6 Å². The van der Waals surface area contributed by atoms with Crippen molar-refractivity contribution >= 4 is 0 Å². The van der Waals surface area contributed by atoms with Gasteiger partial charge in [0.25, 0.3) is 0 Å². The van der Waals surface area contributed by atoms with Crippen LogP contribution in [0.3, 0.4) is 0 Å². The second-order valence-corrected chi connectivity index (χ2v) is 6.89. The lowest BCUT2D eigenvalue weighted by atomic mass is 9.97. The first-order valence-electron chi connectivity index (χ1n) is 8.08. The van der Waals surface area contributed by atoms with Crippen molar-refractivity contribution < 1.29 is 0 Å². The number of hydrogen-bond donors (Lipinski definition) is 1. The van der Waals surface area contributed by atoms with Gasteiger partial charge in [0.15, 0.2) is 0 Å². The van der Waals surface area contributed by atoms with Crippen molar-refractivity contribution in [3.05, 3.63) is 35.4 Å². The van der Waals surface area contributed by atoms with Gasteiger partial charge in [-0.2, -0.15) is 0 Å². The molecule has 20 heavy (non-hydrogen) atoms. The van der Waals surface area contributed by atoms with Crippen molar-refractivity contribution in [1.29, 1.82) is 0 Å². The van der Waals surface area contributed by atoms with Crippen molar-refractivity contribution in [2.45, 2.75) is 58.5 Å². The Morgan fingerprint density at radius 1 is 1.05 bits per heavy atom. The summed E-state index contributed by atoms with van der Waals surface area (Å²) in [5.41, 5.74) is 8.89. The molecule has 2 heteroatoms. The zero-order valence-electron chi connectivity index (χ0n) is 13.5. The van der Waals surface area contributed by atoms with E-state index < -0.39 is 0 Å². The maximum atomic E-state index is 6.10. The van der Waals surface area contributed by atoms with Crippen LogP contribution in [0, 0.1) is 5.92 Å². The summed E-state index contributed by atoms with van der Waals surface area (Å²) in [5.74, 6) is 1.29. The minimum absolute atomic E-state index is 0.381. The van der Waals surface area contributed by atoms with Gasteiger partial charge in [-0.3, -0.25) is 4.90 Å². The van der Waals surface area contributed by atoms with E-state index in [1.165, 1.54) is 24.0 Å². The summed E-state index contributed by atoms with van der Waals surface area (Å²) in [7, 11) is 0. The van der Waals surface area contributed by atoms with Crippen LogP contribution in [0.4, 0.5) is 0 Å². The summed E-state index contributed by atoms with van der Waals surface area (Å²) < 4.78 is 0. The zero-order valence-corrected chi connectivity index (χ0v) is 13.5. The van der Waals surface area contributed by atoms with Crippen molar-refractivity contribution in [3.63, 3.8) is 0 Å². The first-order chi connectivity index (χ1) is 9.52. The van der Waals surface area contributed by atoms with E-state index in [2.05, 4.69) is 56.9 Å². The Bertz CT molecular complexity index is 404. The molecule has 0 aliphatic heterocycles. The Labute approximate surface area is 124 Å². The van der Waals surface area contributed by atoms with Gasteiger partial charge in [0, 0.05) is 25.2 Å². The predicted octanol–water partition coefficient (Wildman–Crippen LogP) is 3.93. The molecule has 0 radical (unpaired) electrons. The summed E-state index contributed by atoms with van der Waals surface area (Å²) in [6.07, 6.45) is 2.68. The standard InChI is InChI=1S/C18H30N2/c1-13(2)12-20(17-9-10-17)18(11-19)16-7-5-15(6-8-16)14(3)4/h5-8,13-14,17-18H,9-12,19H2,1-4H3. The van der Waals surface area contributed by atoms with Crippen LogP contribution < -0.4 is 5.73 Å². The van der Waals surface area contributed by atoms with Crippen LogP contribution in [0.5, 0.6) is 0 Å². The molecule has 1 aliphatic carbocycles. The molecule has 0 amide bonds. The van der Waals surface area contributed by atoms with Crippen molar-refractivity contribution in [3.8, 4) is 0 Å². The lowest BCUT2D eigenvalue weighted by molar-refractivity contribution is 0.169. The molecule has 0 heterocycles. The molecule has 1 fully saturated rings. The molecule has 0 saturated heterocycles. The number of hydrogen-bond acceptors (Lipinski definition) is 2. The number of nitrogens with two attached hydrogens (primary N) is 1.